The highest BCUT2D eigenvalue weighted by Gasteiger charge is 2.34. The Kier molecular flexibility index (Phi) is 5.58. The summed E-state index contributed by atoms with van der Waals surface area (Å²) in [5, 5.41) is 4.36. The molecule has 0 unspecified atom stereocenters. The summed E-state index contributed by atoms with van der Waals surface area (Å²) in [7, 11) is 0. The lowest BCUT2D eigenvalue weighted by Gasteiger charge is -2.16. The number of thiocarbonyl (C=S) groups is 1. The van der Waals surface area contributed by atoms with E-state index in [4.69, 9.17) is 28.2 Å². The van der Waals surface area contributed by atoms with E-state index in [-0.39, 0.29) is 20.2 Å². The zero-order valence-electron chi connectivity index (χ0n) is 15.0. The topological polar surface area (TPSA) is 91.7 Å². The van der Waals surface area contributed by atoms with Crippen LogP contribution in [0.15, 0.2) is 68.9 Å². The summed E-state index contributed by atoms with van der Waals surface area (Å²) < 4.78 is 5.58. The lowest BCUT2D eigenvalue weighted by Crippen LogP contribution is -2.46. The Balaban J connectivity index is 1.53. The standard InChI is InChI=1S/C20H12ClN3O4S2/c21-12-4-3-5-13(9-12)22-19(27)23-24-18(26)16(30-20(24)29)8-11-10-28-15-7-2-1-6-14(15)17(11)25/h1-10H,(H2,22,23,27)/b16-8+. The average Bonchev–Trinajstić information content (AvgIpc) is 2.97. The summed E-state index contributed by atoms with van der Waals surface area (Å²) in [5.41, 5.74) is 3.23. The van der Waals surface area contributed by atoms with Crippen LogP contribution in [-0.4, -0.2) is 21.3 Å². The minimum atomic E-state index is -0.667. The predicted molar refractivity (Wildman–Crippen MR) is 121 cm³/mol. The Morgan fingerprint density at radius 1 is 1.17 bits per heavy atom. The molecule has 2 heterocycles. The molecule has 30 heavy (non-hydrogen) atoms. The second-order valence-corrected chi connectivity index (χ2v) is 8.22. The summed E-state index contributed by atoms with van der Waals surface area (Å²) in [6.07, 6.45) is 2.69. The normalized spacial score (nSPS) is 15.1. The van der Waals surface area contributed by atoms with Gasteiger partial charge in [-0.1, -0.05) is 41.6 Å². The molecule has 0 bridgehead atoms. The maximum atomic E-state index is 12.7. The smallest absolute Gasteiger partial charge is 0.338 e. The number of hydrazine groups is 1. The van der Waals surface area contributed by atoms with Crippen molar-refractivity contribution in [2.24, 2.45) is 0 Å². The number of thioether (sulfide) groups is 1. The highest BCUT2D eigenvalue weighted by Crippen LogP contribution is 2.31. The molecule has 10 heteroatoms. The molecule has 0 radical (unpaired) electrons. The number of hydrogen-bond acceptors (Lipinski definition) is 6. The van der Waals surface area contributed by atoms with Crippen molar-refractivity contribution in [1.82, 2.24) is 10.4 Å². The third-order valence-electron chi connectivity index (χ3n) is 4.08. The number of carbonyl (C=O) groups excluding carboxylic acids is 2. The van der Waals surface area contributed by atoms with Gasteiger partial charge in [-0.05, 0) is 48.6 Å². The van der Waals surface area contributed by atoms with Gasteiger partial charge in [-0.15, -0.1) is 0 Å². The number of fused-ring (bicyclic) bond motifs is 1. The molecule has 0 spiro atoms. The van der Waals surface area contributed by atoms with Crippen LogP contribution in [-0.2, 0) is 4.79 Å². The molecule has 150 valence electrons. The van der Waals surface area contributed by atoms with E-state index in [1.807, 2.05) is 0 Å². The van der Waals surface area contributed by atoms with E-state index in [1.54, 1.807) is 48.5 Å². The molecule has 1 aromatic heterocycles. The van der Waals surface area contributed by atoms with Crippen molar-refractivity contribution in [3.05, 3.63) is 80.5 Å². The van der Waals surface area contributed by atoms with Crippen molar-refractivity contribution in [2.75, 3.05) is 5.32 Å². The van der Waals surface area contributed by atoms with Gasteiger partial charge in [0, 0.05) is 10.7 Å². The zero-order valence-corrected chi connectivity index (χ0v) is 17.4. The largest absolute Gasteiger partial charge is 0.463 e. The number of rotatable bonds is 3. The Morgan fingerprint density at radius 2 is 1.97 bits per heavy atom. The predicted octanol–water partition coefficient (Wildman–Crippen LogP) is 4.38. The van der Waals surface area contributed by atoms with Crippen LogP contribution in [0.2, 0.25) is 5.02 Å². The van der Waals surface area contributed by atoms with Gasteiger partial charge in [0.2, 0.25) is 0 Å². The first-order valence-corrected chi connectivity index (χ1v) is 10.1. The number of hydrogen-bond donors (Lipinski definition) is 2. The van der Waals surface area contributed by atoms with Crippen molar-refractivity contribution in [3.8, 4) is 0 Å². The third-order valence-corrected chi connectivity index (χ3v) is 5.62. The minimum absolute atomic E-state index is 0.123. The molecule has 3 aromatic rings. The van der Waals surface area contributed by atoms with Crippen LogP contribution >= 0.6 is 35.6 Å². The summed E-state index contributed by atoms with van der Waals surface area (Å²) in [5.74, 6) is -0.557. The van der Waals surface area contributed by atoms with Crippen molar-refractivity contribution >= 4 is 74.6 Å². The molecular weight excluding hydrogens is 446 g/mol. The molecule has 0 atom stereocenters. The van der Waals surface area contributed by atoms with Gasteiger partial charge in [-0.2, -0.15) is 5.01 Å². The maximum Gasteiger partial charge on any atom is 0.338 e. The monoisotopic (exact) mass is 457 g/mol. The molecular formula is C20H12ClN3O4S2. The van der Waals surface area contributed by atoms with E-state index in [0.29, 0.717) is 21.7 Å². The van der Waals surface area contributed by atoms with Crippen LogP contribution in [0.3, 0.4) is 0 Å². The third kappa shape index (κ3) is 4.09. The van der Waals surface area contributed by atoms with E-state index in [9.17, 15) is 14.4 Å². The van der Waals surface area contributed by atoms with E-state index < -0.39 is 11.9 Å². The SMILES string of the molecule is O=C(Nc1cccc(Cl)c1)NN1C(=O)/C(=C\c2coc3ccccc3c2=O)SC1=S. The second-order valence-electron chi connectivity index (χ2n) is 6.11. The zero-order chi connectivity index (χ0) is 21.3. The number of nitrogens with one attached hydrogen (secondary N) is 2. The molecule has 1 saturated heterocycles. The number of benzene rings is 2. The molecule has 1 fully saturated rings. The first-order valence-electron chi connectivity index (χ1n) is 8.54. The van der Waals surface area contributed by atoms with Crippen LogP contribution in [0.1, 0.15) is 5.56 Å². The first kappa shape index (κ1) is 20.1. The molecule has 0 aliphatic carbocycles. The van der Waals surface area contributed by atoms with Crippen molar-refractivity contribution in [2.45, 2.75) is 0 Å². The van der Waals surface area contributed by atoms with Gasteiger partial charge in [0.05, 0.1) is 15.9 Å². The fourth-order valence-corrected chi connectivity index (χ4v) is 4.09. The highest BCUT2D eigenvalue weighted by molar-refractivity contribution is 8.26. The van der Waals surface area contributed by atoms with Gasteiger partial charge in [-0.3, -0.25) is 9.59 Å². The van der Waals surface area contributed by atoms with Crippen LogP contribution in [0.4, 0.5) is 10.5 Å². The van der Waals surface area contributed by atoms with Gasteiger partial charge in [0.15, 0.2) is 9.75 Å². The van der Waals surface area contributed by atoms with Crippen LogP contribution < -0.4 is 16.2 Å². The van der Waals surface area contributed by atoms with Gasteiger partial charge in [0.1, 0.15) is 11.8 Å². The Hall–Kier alpha value is -3.14. The fraction of sp³-hybridized carbons (Fsp3) is 0. The van der Waals surface area contributed by atoms with E-state index in [0.717, 1.165) is 16.8 Å². The first-order chi connectivity index (χ1) is 14.4. The van der Waals surface area contributed by atoms with Gasteiger partial charge in [-0.25, -0.2) is 10.2 Å². The lowest BCUT2D eigenvalue weighted by molar-refractivity contribution is -0.123. The molecule has 2 N–H and O–H groups in total. The summed E-state index contributed by atoms with van der Waals surface area (Å²) in [6.45, 7) is 0. The van der Waals surface area contributed by atoms with Crippen molar-refractivity contribution < 1.29 is 14.0 Å². The van der Waals surface area contributed by atoms with E-state index >= 15 is 0 Å². The quantitative estimate of drug-likeness (QED) is 0.448. The average molecular weight is 458 g/mol. The van der Waals surface area contributed by atoms with Crippen molar-refractivity contribution in [3.63, 3.8) is 0 Å². The van der Waals surface area contributed by atoms with E-state index in [2.05, 4.69) is 10.7 Å². The fourth-order valence-electron chi connectivity index (χ4n) is 2.72. The Bertz CT molecular complexity index is 1290. The molecule has 3 amide bonds. The molecule has 2 aromatic carbocycles. The van der Waals surface area contributed by atoms with Crippen LogP contribution in [0, 0.1) is 0 Å². The molecule has 7 nitrogen and oxygen atoms in total. The highest BCUT2D eigenvalue weighted by atomic mass is 35.5. The van der Waals surface area contributed by atoms with Gasteiger partial charge >= 0.3 is 6.03 Å². The van der Waals surface area contributed by atoms with Crippen molar-refractivity contribution in [1.29, 1.82) is 0 Å². The Labute approximate surface area is 184 Å². The number of para-hydroxylation sites is 1. The number of amides is 3. The number of anilines is 1. The molecule has 4 rings (SSSR count). The van der Waals surface area contributed by atoms with Gasteiger partial charge < -0.3 is 9.73 Å². The molecule has 0 saturated carbocycles. The minimum Gasteiger partial charge on any atom is -0.463 e. The number of carbonyl (C=O) groups is 2. The second kappa shape index (κ2) is 8.31. The summed E-state index contributed by atoms with van der Waals surface area (Å²) in [4.78, 5) is 37.7. The van der Waals surface area contributed by atoms with E-state index in [1.165, 1.54) is 12.3 Å². The maximum absolute atomic E-state index is 12.7. The molecule has 1 aliphatic heterocycles. The number of nitrogens with zero attached hydrogens (tertiary/aromatic N) is 1. The molecule has 1 aliphatic rings. The Morgan fingerprint density at radius 3 is 2.77 bits per heavy atom. The number of urea groups is 1. The van der Waals surface area contributed by atoms with Crippen LogP contribution in [0.25, 0.3) is 17.0 Å². The number of halogens is 1. The van der Waals surface area contributed by atoms with Crippen LogP contribution in [0.5, 0.6) is 0 Å². The summed E-state index contributed by atoms with van der Waals surface area (Å²) in [6, 6.07) is 12.7. The summed E-state index contributed by atoms with van der Waals surface area (Å²) >= 11 is 12.0. The lowest BCUT2D eigenvalue weighted by atomic mass is 10.1. The van der Waals surface area contributed by atoms with Gasteiger partial charge in [0.25, 0.3) is 5.91 Å².